The molecule has 297 valence electrons. The Hall–Kier alpha value is -7.78. The van der Waals surface area contributed by atoms with Crippen molar-refractivity contribution in [3.05, 3.63) is 180 Å². The molecule has 0 aliphatic rings. The van der Waals surface area contributed by atoms with Gasteiger partial charge in [0.15, 0.2) is 17.1 Å². The molecule has 0 N–H and O–H groups in total. The van der Waals surface area contributed by atoms with Crippen LogP contribution in [0.25, 0.3) is 0 Å². The van der Waals surface area contributed by atoms with Gasteiger partial charge in [-0.2, -0.15) is 0 Å². The zero-order valence-electron chi connectivity index (χ0n) is 34.4. The van der Waals surface area contributed by atoms with Gasteiger partial charge in [-0.1, -0.05) is 28.6 Å². The van der Waals surface area contributed by atoms with E-state index in [4.69, 9.17) is 28.4 Å². The Morgan fingerprint density at radius 3 is 0.933 bits per heavy atom. The lowest BCUT2D eigenvalue weighted by atomic mass is 10.1. The molecular weight excluding hydrogens is 749 g/mol. The molecule has 7 rings (SSSR count). The molecule has 8 heteroatoms. The van der Waals surface area contributed by atoms with Gasteiger partial charge in [0.2, 0.25) is 0 Å². The van der Waals surface area contributed by atoms with Crippen molar-refractivity contribution in [2.75, 3.05) is 47.6 Å². The smallest absolute Gasteiger partial charge is 0.192 e. The Labute approximate surface area is 352 Å². The molecule has 0 amide bonds. The Balaban J connectivity index is 1.12. The van der Waals surface area contributed by atoms with E-state index in [2.05, 4.69) is 57.7 Å². The molecule has 0 heterocycles. The van der Waals surface area contributed by atoms with Crippen LogP contribution in [0.4, 0.5) is 34.1 Å². The lowest BCUT2D eigenvalue weighted by molar-refractivity contribution is 0.401. The minimum Gasteiger partial charge on any atom is -0.497 e. The van der Waals surface area contributed by atoms with E-state index in [1.54, 1.807) is 42.7 Å². The largest absolute Gasteiger partial charge is 0.497 e. The van der Waals surface area contributed by atoms with Crippen LogP contribution in [0, 0.1) is 23.7 Å². The van der Waals surface area contributed by atoms with Crippen LogP contribution in [0.5, 0.6) is 34.5 Å². The van der Waals surface area contributed by atoms with Crippen LogP contribution >= 0.6 is 0 Å². The van der Waals surface area contributed by atoms with Gasteiger partial charge in [-0.25, -0.2) is 0 Å². The van der Waals surface area contributed by atoms with E-state index in [-0.39, 0.29) is 0 Å². The Morgan fingerprint density at radius 1 is 0.333 bits per heavy atom. The normalized spacial score (nSPS) is 10.4. The molecule has 0 saturated carbocycles. The first-order valence-electron chi connectivity index (χ1n) is 19.1. The number of benzene rings is 7. The SMILES string of the molecule is COc1ccc(N(c2ccc(C#Cc3cc(OC)c(C#Cc4ccc([N+](c5ccc(OC)cc5)c5ccc(OC)cc5)cc4)cc3OC)cc2)c2ccc(OC)cc2)cc1. The first kappa shape index (κ1) is 40.4. The molecule has 0 fully saturated rings. The Bertz CT molecular complexity index is 2350. The van der Waals surface area contributed by atoms with Crippen molar-refractivity contribution in [3.63, 3.8) is 0 Å². The summed E-state index contributed by atoms with van der Waals surface area (Å²) in [5.74, 6) is 17.5. The summed E-state index contributed by atoms with van der Waals surface area (Å²) in [5.41, 5.74) is 8.93. The average molecular weight is 793 g/mol. The van der Waals surface area contributed by atoms with Crippen LogP contribution in [0.15, 0.2) is 158 Å². The maximum Gasteiger partial charge on any atom is 0.192 e. The summed E-state index contributed by atoms with van der Waals surface area (Å²) in [6.45, 7) is 0. The molecule has 0 aromatic heterocycles. The van der Waals surface area contributed by atoms with Gasteiger partial charge in [0.1, 0.15) is 34.5 Å². The number of rotatable bonds is 12. The molecule has 0 aliphatic carbocycles. The average Bonchev–Trinajstić information content (AvgIpc) is 3.32. The fourth-order valence-corrected chi connectivity index (χ4v) is 6.58. The van der Waals surface area contributed by atoms with E-state index >= 15 is 0 Å². The number of hydrogen-bond donors (Lipinski definition) is 0. The van der Waals surface area contributed by atoms with E-state index in [1.807, 2.05) is 133 Å². The number of methoxy groups -OCH3 is 6. The third kappa shape index (κ3) is 9.33. The summed E-state index contributed by atoms with van der Waals surface area (Å²) in [6, 6.07) is 51.8. The van der Waals surface area contributed by atoms with Crippen molar-refractivity contribution in [2.24, 2.45) is 0 Å². The van der Waals surface area contributed by atoms with Gasteiger partial charge in [-0.15, -0.1) is 0 Å². The predicted octanol–water partition coefficient (Wildman–Crippen LogP) is 11.4. The molecule has 7 aromatic rings. The van der Waals surface area contributed by atoms with Gasteiger partial charge >= 0.3 is 0 Å². The highest BCUT2D eigenvalue weighted by Gasteiger charge is 2.26. The van der Waals surface area contributed by atoms with E-state index in [1.165, 1.54) is 0 Å². The maximum atomic E-state index is 5.79. The van der Waals surface area contributed by atoms with Crippen LogP contribution < -0.4 is 38.2 Å². The first-order chi connectivity index (χ1) is 29.4. The second kappa shape index (κ2) is 19.1. The Kier molecular flexibility index (Phi) is 12.9. The zero-order valence-corrected chi connectivity index (χ0v) is 34.4. The van der Waals surface area contributed by atoms with E-state index in [0.717, 1.165) is 68.2 Å². The standard InChI is InChI=1S/C52H44N2O6/c1-55-47-27-19-43(20-28-47)53(44-21-29-48(56-2)30-22-44)41-15-9-37(10-16-41)7-13-39-35-52(60-6)40(36-51(39)59-5)14-8-38-11-17-42(18-12-38)54(45-23-31-49(57-3)32-24-45)46-25-33-50(58-4)34-26-46/h9-12,15-36H,1-6H3/q+1. The van der Waals surface area contributed by atoms with Crippen molar-refractivity contribution in [1.29, 1.82) is 0 Å². The van der Waals surface area contributed by atoms with Gasteiger partial charge in [0.05, 0.1) is 53.8 Å². The molecule has 0 saturated heterocycles. The van der Waals surface area contributed by atoms with Gasteiger partial charge in [0, 0.05) is 76.7 Å². The van der Waals surface area contributed by atoms with E-state index < -0.39 is 0 Å². The number of anilines is 6. The van der Waals surface area contributed by atoms with Gasteiger partial charge in [0.25, 0.3) is 0 Å². The molecule has 0 bridgehead atoms. The fraction of sp³-hybridized carbons (Fsp3) is 0.115. The summed E-state index contributed by atoms with van der Waals surface area (Å²) in [7, 11) is 9.90. The second-order valence-electron chi connectivity index (χ2n) is 13.3. The van der Waals surface area contributed by atoms with Gasteiger partial charge in [-0.05, 0) is 109 Å². The predicted molar refractivity (Wildman–Crippen MR) is 239 cm³/mol. The third-order valence-corrected chi connectivity index (χ3v) is 9.78. The molecule has 0 spiro atoms. The summed E-state index contributed by atoms with van der Waals surface area (Å²) < 4.78 is 33.2. The molecule has 8 nitrogen and oxygen atoms in total. The molecule has 7 aromatic carbocycles. The topological polar surface area (TPSA) is 64.5 Å². The lowest BCUT2D eigenvalue weighted by Crippen LogP contribution is -2.11. The molecular formula is C52H44N2O6+. The van der Waals surface area contributed by atoms with Crippen LogP contribution in [-0.4, -0.2) is 42.7 Å². The maximum absolute atomic E-state index is 5.79. The van der Waals surface area contributed by atoms with Crippen molar-refractivity contribution in [2.45, 2.75) is 0 Å². The molecule has 0 atom stereocenters. The summed E-state index contributed by atoms with van der Waals surface area (Å²) in [6.07, 6.45) is 0. The monoisotopic (exact) mass is 792 g/mol. The second-order valence-corrected chi connectivity index (χ2v) is 13.3. The van der Waals surface area contributed by atoms with Crippen molar-refractivity contribution >= 4 is 34.1 Å². The minimum atomic E-state index is 0.597. The number of ether oxygens (including phenoxy) is 6. The van der Waals surface area contributed by atoms with E-state index in [9.17, 15) is 0 Å². The molecule has 0 aliphatic heterocycles. The zero-order chi connectivity index (χ0) is 41.8. The van der Waals surface area contributed by atoms with Crippen LogP contribution in [0.3, 0.4) is 0 Å². The van der Waals surface area contributed by atoms with E-state index in [0.29, 0.717) is 22.6 Å². The number of hydrogen-bond acceptors (Lipinski definition) is 8. The highest BCUT2D eigenvalue weighted by molar-refractivity contribution is 5.77. The van der Waals surface area contributed by atoms with Crippen molar-refractivity contribution in [3.8, 4) is 58.2 Å². The van der Waals surface area contributed by atoms with Crippen LogP contribution in [-0.2, 0) is 0 Å². The quantitative estimate of drug-likeness (QED) is 0.0902. The van der Waals surface area contributed by atoms with Gasteiger partial charge < -0.3 is 33.3 Å². The fourth-order valence-electron chi connectivity index (χ4n) is 6.58. The van der Waals surface area contributed by atoms with Crippen molar-refractivity contribution < 1.29 is 28.4 Å². The number of nitrogens with zero attached hydrogens (tertiary/aromatic N) is 2. The molecule has 1 radical (unpaired) electrons. The Morgan fingerprint density at radius 2 is 0.617 bits per heavy atom. The molecule has 60 heavy (non-hydrogen) atoms. The summed E-state index contributed by atoms with van der Waals surface area (Å²) in [5, 5.41) is 0. The van der Waals surface area contributed by atoms with Crippen molar-refractivity contribution in [1.82, 2.24) is 4.90 Å². The molecule has 0 unspecified atom stereocenters. The lowest BCUT2D eigenvalue weighted by Gasteiger charge is -2.25. The van der Waals surface area contributed by atoms with Gasteiger partial charge in [-0.3, -0.25) is 0 Å². The highest BCUT2D eigenvalue weighted by Crippen LogP contribution is 2.38. The summed E-state index contributed by atoms with van der Waals surface area (Å²) in [4.78, 5) is 4.33. The first-order valence-corrected chi connectivity index (χ1v) is 19.1. The third-order valence-electron chi connectivity index (χ3n) is 9.78. The minimum absolute atomic E-state index is 0.597. The highest BCUT2D eigenvalue weighted by atomic mass is 16.5. The van der Waals surface area contributed by atoms with Crippen LogP contribution in [0.2, 0.25) is 0 Å². The van der Waals surface area contributed by atoms with Crippen LogP contribution in [0.1, 0.15) is 22.3 Å². The summed E-state index contributed by atoms with van der Waals surface area (Å²) >= 11 is 0.